The minimum atomic E-state index is -0.218. The summed E-state index contributed by atoms with van der Waals surface area (Å²) in [6.45, 7) is 1.92. The molecule has 15 heavy (non-hydrogen) atoms. The standard InChI is InChI=1S/C10H12N4O/c1-7(14-6-12-13-10(14)15)8-3-2-4-9(11)5-8/h2-7H,11H2,1H3,(H,13,15). The number of hydrogen-bond donors (Lipinski definition) is 2. The van der Waals surface area contributed by atoms with Crippen molar-refractivity contribution < 1.29 is 0 Å². The van der Waals surface area contributed by atoms with E-state index in [9.17, 15) is 4.79 Å². The maximum atomic E-state index is 11.3. The van der Waals surface area contributed by atoms with Crippen molar-refractivity contribution in [3.05, 3.63) is 46.6 Å². The quantitative estimate of drug-likeness (QED) is 0.709. The smallest absolute Gasteiger partial charge is 0.343 e. The number of nitrogens with zero attached hydrogens (tertiary/aromatic N) is 2. The molecule has 0 spiro atoms. The van der Waals surface area contributed by atoms with Crippen LogP contribution in [0.3, 0.4) is 0 Å². The van der Waals surface area contributed by atoms with Crippen LogP contribution in [-0.4, -0.2) is 14.8 Å². The minimum Gasteiger partial charge on any atom is -0.399 e. The zero-order chi connectivity index (χ0) is 10.8. The Labute approximate surface area is 86.5 Å². The fraction of sp³-hybridized carbons (Fsp3) is 0.200. The first-order chi connectivity index (χ1) is 7.18. The maximum absolute atomic E-state index is 11.3. The monoisotopic (exact) mass is 204 g/mol. The molecule has 1 atom stereocenters. The number of H-pyrrole nitrogens is 1. The van der Waals surface area contributed by atoms with Gasteiger partial charge in [0.25, 0.3) is 0 Å². The van der Waals surface area contributed by atoms with Gasteiger partial charge in [0, 0.05) is 5.69 Å². The molecule has 1 aromatic heterocycles. The summed E-state index contributed by atoms with van der Waals surface area (Å²) in [6, 6.07) is 7.39. The van der Waals surface area contributed by atoms with Crippen molar-refractivity contribution in [2.75, 3.05) is 5.73 Å². The lowest BCUT2D eigenvalue weighted by molar-refractivity contribution is 0.616. The van der Waals surface area contributed by atoms with Crippen molar-refractivity contribution in [3.8, 4) is 0 Å². The van der Waals surface area contributed by atoms with Crippen LogP contribution in [-0.2, 0) is 0 Å². The minimum absolute atomic E-state index is 0.0697. The van der Waals surface area contributed by atoms with Crippen molar-refractivity contribution in [1.29, 1.82) is 0 Å². The highest BCUT2D eigenvalue weighted by Gasteiger charge is 2.09. The van der Waals surface area contributed by atoms with Crippen molar-refractivity contribution in [2.45, 2.75) is 13.0 Å². The van der Waals surface area contributed by atoms with Crippen molar-refractivity contribution in [3.63, 3.8) is 0 Å². The molecule has 0 fully saturated rings. The average molecular weight is 204 g/mol. The van der Waals surface area contributed by atoms with Crippen LogP contribution >= 0.6 is 0 Å². The molecule has 5 nitrogen and oxygen atoms in total. The van der Waals surface area contributed by atoms with E-state index < -0.39 is 0 Å². The summed E-state index contributed by atoms with van der Waals surface area (Å²) < 4.78 is 1.52. The largest absolute Gasteiger partial charge is 0.399 e. The van der Waals surface area contributed by atoms with Gasteiger partial charge in [0.05, 0.1) is 6.04 Å². The van der Waals surface area contributed by atoms with E-state index in [4.69, 9.17) is 5.73 Å². The van der Waals surface area contributed by atoms with E-state index >= 15 is 0 Å². The van der Waals surface area contributed by atoms with Gasteiger partial charge in [-0.05, 0) is 24.6 Å². The van der Waals surface area contributed by atoms with Gasteiger partial charge in [0.1, 0.15) is 6.33 Å². The van der Waals surface area contributed by atoms with Crippen LogP contribution in [0.1, 0.15) is 18.5 Å². The molecular formula is C10H12N4O. The molecule has 1 aromatic carbocycles. The SMILES string of the molecule is CC(c1cccc(N)c1)n1cn[nH]c1=O. The summed E-state index contributed by atoms with van der Waals surface area (Å²) in [6.07, 6.45) is 1.48. The van der Waals surface area contributed by atoms with Crippen LogP contribution in [0.25, 0.3) is 0 Å². The van der Waals surface area contributed by atoms with E-state index in [0.717, 1.165) is 5.56 Å². The summed E-state index contributed by atoms with van der Waals surface area (Å²) in [5, 5.41) is 6.04. The molecule has 0 bridgehead atoms. The van der Waals surface area contributed by atoms with Gasteiger partial charge >= 0.3 is 5.69 Å². The Morgan fingerprint density at radius 2 is 2.33 bits per heavy atom. The first-order valence-electron chi connectivity index (χ1n) is 4.65. The number of nitrogens with two attached hydrogens (primary N) is 1. The van der Waals surface area contributed by atoms with Gasteiger partial charge in [0.2, 0.25) is 0 Å². The predicted octanol–water partition coefficient (Wildman–Crippen LogP) is 0.763. The fourth-order valence-electron chi connectivity index (χ4n) is 1.51. The summed E-state index contributed by atoms with van der Waals surface area (Å²) in [5.74, 6) is 0. The molecule has 1 heterocycles. The molecule has 0 aliphatic carbocycles. The van der Waals surface area contributed by atoms with Gasteiger partial charge in [-0.2, -0.15) is 5.10 Å². The number of nitrogen functional groups attached to an aromatic ring is 1. The number of benzene rings is 1. The zero-order valence-corrected chi connectivity index (χ0v) is 8.34. The molecule has 2 aromatic rings. The van der Waals surface area contributed by atoms with Crippen LogP contribution in [0.4, 0.5) is 5.69 Å². The van der Waals surface area contributed by atoms with Crippen LogP contribution in [0.15, 0.2) is 35.4 Å². The first-order valence-corrected chi connectivity index (χ1v) is 4.65. The number of aromatic amines is 1. The summed E-state index contributed by atoms with van der Waals surface area (Å²) in [5.41, 5.74) is 7.13. The van der Waals surface area contributed by atoms with E-state index in [0.29, 0.717) is 5.69 Å². The van der Waals surface area contributed by atoms with Gasteiger partial charge in [0.15, 0.2) is 0 Å². The highest BCUT2D eigenvalue weighted by Crippen LogP contribution is 2.17. The molecule has 1 unspecified atom stereocenters. The molecule has 0 amide bonds. The maximum Gasteiger partial charge on any atom is 0.343 e. The third kappa shape index (κ3) is 1.76. The van der Waals surface area contributed by atoms with E-state index in [-0.39, 0.29) is 11.7 Å². The second-order valence-electron chi connectivity index (χ2n) is 3.41. The lowest BCUT2D eigenvalue weighted by Gasteiger charge is -2.11. The van der Waals surface area contributed by atoms with Gasteiger partial charge in [-0.15, -0.1) is 0 Å². The van der Waals surface area contributed by atoms with Crippen molar-refractivity contribution >= 4 is 5.69 Å². The van der Waals surface area contributed by atoms with Gasteiger partial charge in [-0.25, -0.2) is 9.89 Å². The number of anilines is 1. The van der Waals surface area contributed by atoms with Crippen molar-refractivity contribution in [1.82, 2.24) is 14.8 Å². The Bertz CT molecular complexity index is 514. The van der Waals surface area contributed by atoms with E-state index in [1.807, 2.05) is 31.2 Å². The van der Waals surface area contributed by atoms with Crippen LogP contribution in [0, 0.1) is 0 Å². The highest BCUT2D eigenvalue weighted by atomic mass is 16.1. The predicted molar refractivity (Wildman–Crippen MR) is 57.5 cm³/mol. The Morgan fingerprint density at radius 1 is 1.53 bits per heavy atom. The first kappa shape index (κ1) is 9.51. The van der Waals surface area contributed by atoms with Crippen molar-refractivity contribution in [2.24, 2.45) is 0 Å². The lowest BCUT2D eigenvalue weighted by Crippen LogP contribution is -2.20. The topological polar surface area (TPSA) is 76.7 Å². The molecule has 0 radical (unpaired) electrons. The molecule has 0 saturated carbocycles. The zero-order valence-electron chi connectivity index (χ0n) is 8.34. The van der Waals surface area contributed by atoms with E-state index in [2.05, 4.69) is 10.2 Å². The molecule has 0 aliphatic heterocycles. The van der Waals surface area contributed by atoms with Gasteiger partial charge in [-0.3, -0.25) is 4.57 Å². The Morgan fingerprint density at radius 3 is 2.93 bits per heavy atom. The third-order valence-electron chi connectivity index (χ3n) is 2.39. The summed E-state index contributed by atoms with van der Waals surface area (Å²) >= 11 is 0. The highest BCUT2D eigenvalue weighted by molar-refractivity contribution is 5.41. The molecular weight excluding hydrogens is 192 g/mol. The molecule has 3 N–H and O–H groups in total. The van der Waals surface area contributed by atoms with Crippen LogP contribution < -0.4 is 11.4 Å². The Kier molecular flexibility index (Phi) is 2.29. The second-order valence-corrected chi connectivity index (χ2v) is 3.41. The summed E-state index contributed by atoms with van der Waals surface area (Å²) in [4.78, 5) is 11.3. The average Bonchev–Trinajstić information content (AvgIpc) is 2.63. The fourth-order valence-corrected chi connectivity index (χ4v) is 1.51. The molecule has 78 valence electrons. The number of rotatable bonds is 2. The summed E-state index contributed by atoms with van der Waals surface area (Å²) in [7, 11) is 0. The van der Waals surface area contributed by atoms with Gasteiger partial charge in [-0.1, -0.05) is 12.1 Å². The van der Waals surface area contributed by atoms with Crippen LogP contribution in [0.5, 0.6) is 0 Å². The number of aromatic nitrogens is 3. The molecule has 5 heteroatoms. The Hall–Kier alpha value is -2.04. The normalized spacial score (nSPS) is 12.6. The Balaban J connectivity index is 2.41. The molecule has 2 rings (SSSR count). The van der Waals surface area contributed by atoms with E-state index in [1.165, 1.54) is 10.9 Å². The second kappa shape index (κ2) is 3.61. The lowest BCUT2D eigenvalue weighted by atomic mass is 10.1. The third-order valence-corrected chi connectivity index (χ3v) is 2.39. The van der Waals surface area contributed by atoms with Gasteiger partial charge < -0.3 is 5.73 Å². The number of hydrogen-bond acceptors (Lipinski definition) is 3. The van der Waals surface area contributed by atoms with E-state index in [1.54, 1.807) is 0 Å². The van der Waals surface area contributed by atoms with Crippen LogP contribution in [0.2, 0.25) is 0 Å². The molecule has 0 saturated heterocycles. The molecule has 0 aliphatic rings. The number of nitrogens with one attached hydrogen (secondary N) is 1.